The summed E-state index contributed by atoms with van der Waals surface area (Å²) < 4.78 is 1.73. The number of nitrogens with zero attached hydrogens (tertiary/aromatic N) is 2. The van der Waals surface area contributed by atoms with Gasteiger partial charge in [-0.15, -0.1) is 0 Å². The maximum absolute atomic E-state index is 11.6. The van der Waals surface area contributed by atoms with Crippen LogP contribution < -0.4 is 10.6 Å². The molecule has 3 N–H and O–H groups in total. The van der Waals surface area contributed by atoms with Crippen molar-refractivity contribution in [3.63, 3.8) is 0 Å². The molecule has 1 heterocycles. The molecule has 1 atom stereocenters. The summed E-state index contributed by atoms with van der Waals surface area (Å²) in [4.78, 5) is 22.5. The average molecular weight is 268 g/mol. The van der Waals surface area contributed by atoms with Crippen molar-refractivity contribution in [1.29, 1.82) is 0 Å². The maximum Gasteiger partial charge on any atom is 0.326 e. The summed E-state index contributed by atoms with van der Waals surface area (Å²) in [6, 6.07) is 0.522. The SMILES string of the molecule is CC(C)C(NC(=O)NCCc1ccnn1C)C(=O)O. The third-order valence-electron chi connectivity index (χ3n) is 2.81. The molecule has 2 amide bonds. The van der Waals surface area contributed by atoms with Crippen LogP contribution >= 0.6 is 0 Å². The smallest absolute Gasteiger partial charge is 0.326 e. The van der Waals surface area contributed by atoms with Gasteiger partial charge in [0.1, 0.15) is 6.04 Å². The molecule has 0 fully saturated rings. The van der Waals surface area contributed by atoms with E-state index in [-0.39, 0.29) is 5.92 Å². The number of aromatic nitrogens is 2. The Morgan fingerprint density at radius 1 is 1.47 bits per heavy atom. The normalized spacial score (nSPS) is 12.2. The van der Waals surface area contributed by atoms with Crippen molar-refractivity contribution in [2.75, 3.05) is 6.54 Å². The summed E-state index contributed by atoms with van der Waals surface area (Å²) in [5.74, 6) is -1.20. The Balaban J connectivity index is 2.35. The van der Waals surface area contributed by atoms with Gasteiger partial charge in [0.25, 0.3) is 0 Å². The number of carboxylic acids is 1. The van der Waals surface area contributed by atoms with Crippen LogP contribution in [0.3, 0.4) is 0 Å². The maximum atomic E-state index is 11.6. The van der Waals surface area contributed by atoms with Gasteiger partial charge in [0.15, 0.2) is 0 Å². The second-order valence-electron chi connectivity index (χ2n) is 4.66. The molecule has 1 aromatic heterocycles. The van der Waals surface area contributed by atoms with Crippen molar-refractivity contribution in [3.8, 4) is 0 Å². The monoisotopic (exact) mass is 268 g/mol. The first-order valence-corrected chi connectivity index (χ1v) is 6.16. The van der Waals surface area contributed by atoms with Crippen LogP contribution in [-0.2, 0) is 18.3 Å². The third kappa shape index (κ3) is 4.61. The topological polar surface area (TPSA) is 96.3 Å². The predicted octanol–water partition coefficient (Wildman–Crippen LogP) is 0.371. The van der Waals surface area contributed by atoms with Gasteiger partial charge in [-0.3, -0.25) is 4.68 Å². The van der Waals surface area contributed by atoms with Crippen LogP contribution in [0.1, 0.15) is 19.5 Å². The summed E-state index contributed by atoms with van der Waals surface area (Å²) in [5, 5.41) is 18.0. The Labute approximate surface area is 112 Å². The number of aryl methyl sites for hydroxylation is 1. The van der Waals surface area contributed by atoms with Gasteiger partial charge in [0.2, 0.25) is 0 Å². The van der Waals surface area contributed by atoms with Crippen LogP contribution in [0.25, 0.3) is 0 Å². The highest BCUT2D eigenvalue weighted by Crippen LogP contribution is 2.01. The largest absolute Gasteiger partial charge is 0.480 e. The molecule has 0 aromatic carbocycles. The molecule has 0 bridgehead atoms. The molecule has 1 unspecified atom stereocenters. The molecule has 0 spiro atoms. The van der Waals surface area contributed by atoms with Crippen LogP contribution in [0, 0.1) is 5.92 Å². The number of urea groups is 1. The molecular weight excluding hydrogens is 248 g/mol. The molecule has 0 aliphatic rings. The van der Waals surface area contributed by atoms with E-state index in [0.717, 1.165) is 5.69 Å². The minimum atomic E-state index is -1.03. The predicted molar refractivity (Wildman–Crippen MR) is 69.7 cm³/mol. The molecule has 106 valence electrons. The Bertz CT molecular complexity index is 442. The van der Waals surface area contributed by atoms with Crippen molar-refractivity contribution in [1.82, 2.24) is 20.4 Å². The average Bonchev–Trinajstić information content (AvgIpc) is 2.71. The van der Waals surface area contributed by atoms with E-state index in [1.807, 2.05) is 13.1 Å². The lowest BCUT2D eigenvalue weighted by atomic mass is 10.1. The van der Waals surface area contributed by atoms with Gasteiger partial charge >= 0.3 is 12.0 Å². The van der Waals surface area contributed by atoms with Crippen molar-refractivity contribution in [2.24, 2.45) is 13.0 Å². The molecule has 19 heavy (non-hydrogen) atoms. The van der Waals surface area contributed by atoms with E-state index in [2.05, 4.69) is 15.7 Å². The molecule has 1 aromatic rings. The second-order valence-corrected chi connectivity index (χ2v) is 4.66. The lowest BCUT2D eigenvalue weighted by Gasteiger charge is -2.18. The van der Waals surface area contributed by atoms with Crippen LogP contribution in [0.2, 0.25) is 0 Å². The molecule has 0 saturated heterocycles. The van der Waals surface area contributed by atoms with Gasteiger partial charge in [-0.05, 0) is 12.0 Å². The summed E-state index contributed by atoms with van der Waals surface area (Å²) in [5.41, 5.74) is 0.999. The number of hydrogen-bond donors (Lipinski definition) is 3. The summed E-state index contributed by atoms with van der Waals surface area (Å²) in [6.07, 6.45) is 2.33. The van der Waals surface area contributed by atoms with E-state index in [1.54, 1.807) is 24.7 Å². The molecule has 7 nitrogen and oxygen atoms in total. The van der Waals surface area contributed by atoms with E-state index in [4.69, 9.17) is 5.11 Å². The highest BCUT2D eigenvalue weighted by molar-refractivity contribution is 5.82. The Morgan fingerprint density at radius 3 is 2.63 bits per heavy atom. The summed E-state index contributed by atoms with van der Waals surface area (Å²) in [6.45, 7) is 3.92. The van der Waals surface area contributed by atoms with Gasteiger partial charge in [0.05, 0.1) is 0 Å². The number of carboxylic acid groups (broad SMARTS) is 1. The van der Waals surface area contributed by atoms with Crippen LogP contribution in [0.15, 0.2) is 12.3 Å². The van der Waals surface area contributed by atoms with Crippen LogP contribution in [0.4, 0.5) is 4.79 Å². The zero-order valence-electron chi connectivity index (χ0n) is 11.4. The Hall–Kier alpha value is -2.05. The number of amides is 2. The van der Waals surface area contributed by atoms with Crippen LogP contribution in [-0.4, -0.2) is 39.5 Å². The van der Waals surface area contributed by atoms with Crippen molar-refractivity contribution >= 4 is 12.0 Å². The fraction of sp³-hybridized carbons (Fsp3) is 0.583. The number of aliphatic carboxylic acids is 1. The highest BCUT2D eigenvalue weighted by Gasteiger charge is 2.23. The third-order valence-corrected chi connectivity index (χ3v) is 2.81. The highest BCUT2D eigenvalue weighted by atomic mass is 16.4. The number of carbonyl (C=O) groups is 2. The van der Waals surface area contributed by atoms with Gasteiger partial charge in [-0.1, -0.05) is 13.8 Å². The fourth-order valence-electron chi connectivity index (χ4n) is 1.66. The first kappa shape index (κ1) is 15.0. The van der Waals surface area contributed by atoms with E-state index >= 15 is 0 Å². The molecule has 0 aliphatic carbocycles. The second kappa shape index (κ2) is 6.77. The lowest BCUT2D eigenvalue weighted by molar-refractivity contribution is -0.140. The molecule has 1 rings (SSSR count). The summed E-state index contributed by atoms with van der Waals surface area (Å²) >= 11 is 0. The van der Waals surface area contributed by atoms with Crippen molar-refractivity contribution in [2.45, 2.75) is 26.3 Å². The quantitative estimate of drug-likeness (QED) is 0.694. The van der Waals surface area contributed by atoms with Crippen molar-refractivity contribution < 1.29 is 14.7 Å². The number of carbonyl (C=O) groups excluding carboxylic acids is 1. The molecule has 7 heteroatoms. The zero-order valence-corrected chi connectivity index (χ0v) is 11.4. The standard InChI is InChI=1S/C12H20N4O3/c1-8(2)10(11(17)18)15-12(19)13-6-4-9-5-7-14-16(9)3/h5,7-8,10H,4,6H2,1-3H3,(H,17,18)(H2,13,15,19). The zero-order chi connectivity index (χ0) is 14.4. The van der Waals surface area contributed by atoms with Gasteiger partial charge < -0.3 is 15.7 Å². The van der Waals surface area contributed by atoms with Gasteiger partial charge in [-0.25, -0.2) is 9.59 Å². The molecular formula is C12H20N4O3. The van der Waals surface area contributed by atoms with Crippen LogP contribution in [0.5, 0.6) is 0 Å². The minimum Gasteiger partial charge on any atom is -0.480 e. The summed E-state index contributed by atoms with van der Waals surface area (Å²) in [7, 11) is 1.83. The first-order valence-electron chi connectivity index (χ1n) is 6.16. The van der Waals surface area contributed by atoms with E-state index in [9.17, 15) is 9.59 Å². The first-order chi connectivity index (χ1) is 8.91. The Kier molecular flexibility index (Phi) is 5.35. The number of nitrogens with one attached hydrogen (secondary N) is 2. The number of rotatable bonds is 6. The van der Waals surface area contributed by atoms with E-state index in [1.165, 1.54) is 0 Å². The fourth-order valence-corrected chi connectivity index (χ4v) is 1.66. The van der Waals surface area contributed by atoms with E-state index < -0.39 is 18.0 Å². The lowest BCUT2D eigenvalue weighted by Crippen LogP contribution is -2.48. The van der Waals surface area contributed by atoms with Crippen molar-refractivity contribution in [3.05, 3.63) is 18.0 Å². The van der Waals surface area contributed by atoms with Gasteiger partial charge in [-0.2, -0.15) is 5.10 Å². The van der Waals surface area contributed by atoms with Gasteiger partial charge in [0, 0.05) is 31.9 Å². The Morgan fingerprint density at radius 2 is 2.16 bits per heavy atom. The molecule has 0 saturated carbocycles. The van der Waals surface area contributed by atoms with E-state index in [0.29, 0.717) is 13.0 Å². The molecule has 0 radical (unpaired) electrons. The number of hydrogen-bond acceptors (Lipinski definition) is 3. The molecule has 0 aliphatic heterocycles. The minimum absolute atomic E-state index is 0.166.